The quantitative estimate of drug-likeness (QED) is 0.730. The van der Waals surface area contributed by atoms with E-state index in [4.69, 9.17) is 46.4 Å². The minimum Gasteiger partial charge on any atom is -0.372 e. The number of amides is 2. The first-order valence-electron chi connectivity index (χ1n) is 6.91. The van der Waals surface area contributed by atoms with E-state index in [1.807, 2.05) is 0 Å². The van der Waals surface area contributed by atoms with Crippen molar-refractivity contribution in [3.8, 4) is 0 Å². The normalized spacial score (nSPS) is 17.5. The highest BCUT2D eigenvalue weighted by Gasteiger charge is 2.40. The fraction of sp³-hybridized carbons (Fsp3) is 0.125. The third kappa shape index (κ3) is 3.20. The molecule has 24 heavy (non-hydrogen) atoms. The predicted molar refractivity (Wildman–Crippen MR) is 97.4 cm³/mol. The van der Waals surface area contributed by atoms with Crippen LogP contribution in [-0.4, -0.2) is 17.9 Å². The maximum absolute atomic E-state index is 12.6. The van der Waals surface area contributed by atoms with Gasteiger partial charge < -0.3 is 5.32 Å². The third-order valence-corrected chi connectivity index (χ3v) is 5.15. The summed E-state index contributed by atoms with van der Waals surface area (Å²) in [5.74, 6) is -0.733. The maximum Gasteiger partial charge on any atom is 0.256 e. The van der Waals surface area contributed by atoms with Crippen LogP contribution in [0.1, 0.15) is 6.42 Å². The van der Waals surface area contributed by atoms with Gasteiger partial charge in [-0.05, 0) is 30.3 Å². The molecule has 2 aromatic rings. The van der Waals surface area contributed by atoms with Crippen LogP contribution in [0.15, 0.2) is 36.4 Å². The van der Waals surface area contributed by atoms with E-state index in [1.54, 1.807) is 24.3 Å². The lowest BCUT2D eigenvalue weighted by molar-refractivity contribution is -0.121. The topological polar surface area (TPSA) is 49.4 Å². The van der Waals surface area contributed by atoms with Gasteiger partial charge in [0.1, 0.15) is 6.04 Å². The van der Waals surface area contributed by atoms with Crippen molar-refractivity contribution in [3.63, 3.8) is 0 Å². The third-order valence-electron chi connectivity index (χ3n) is 3.59. The molecule has 1 saturated heterocycles. The molecule has 0 bridgehead atoms. The number of benzene rings is 2. The van der Waals surface area contributed by atoms with Crippen LogP contribution in [0, 0.1) is 0 Å². The number of rotatable bonds is 3. The van der Waals surface area contributed by atoms with Crippen molar-refractivity contribution in [1.29, 1.82) is 0 Å². The first-order valence-corrected chi connectivity index (χ1v) is 8.42. The molecule has 1 fully saturated rings. The van der Waals surface area contributed by atoms with E-state index in [0.717, 1.165) is 4.90 Å². The summed E-state index contributed by atoms with van der Waals surface area (Å²) in [4.78, 5) is 25.9. The highest BCUT2D eigenvalue weighted by Crippen LogP contribution is 2.33. The Morgan fingerprint density at radius 3 is 2.42 bits per heavy atom. The predicted octanol–water partition coefficient (Wildman–Crippen LogP) is 5.04. The smallest absolute Gasteiger partial charge is 0.256 e. The molecule has 1 N–H and O–H groups in total. The van der Waals surface area contributed by atoms with Crippen molar-refractivity contribution < 1.29 is 9.59 Å². The van der Waals surface area contributed by atoms with Crippen molar-refractivity contribution in [3.05, 3.63) is 56.5 Å². The van der Waals surface area contributed by atoms with Crippen molar-refractivity contribution in [2.75, 3.05) is 10.2 Å². The molecular formula is C16H10Cl4N2O2. The Morgan fingerprint density at radius 2 is 1.71 bits per heavy atom. The second-order valence-electron chi connectivity index (χ2n) is 5.17. The lowest BCUT2D eigenvalue weighted by atomic mass is 10.2. The Balaban J connectivity index is 1.86. The number of carbonyl (C=O) groups is 2. The molecule has 0 saturated carbocycles. The molecular weight excluding hydrogens is 394 g/mol. The summed E-state index contributed by atoms with van der Waals surface area (Å²) in [6.07, 6.45) is 0.00191. The van der Waals surface area contributed by atoms with Crippen molar-refractivity contribution in [1.82, 2.24) is 0 Å². The number of imide groups is 1. The lowest BCUT2D eigenvalue weighted by Gasteiger charge is -2.17. The van der Waals surface area contributed by atoms with Gasteiger partial charge in [-0.3, -0.25) is 9.59 Å². The number of nitrogens with zero attached hydrogens (tertiary/aromatic N) is 1. The van der Waals surface area contributed by atoms with Crippen LogP contribution >= 0.6 is 46.4 Å². The highest BCUT2D eigenvalue weighted by molar-refractivity contribution is 6.44. The van der Waals surface area contributed by atoms with Gasteiger partial charge in [0, 0.05) is 0 Å². The summed E-state index contributed by atoms with van der Waals surface area (Å²) in [6, 6.07) is 8.88. The van der Waals surface area contributed by atoms with Gasteiger partial charge in [0.25, 0.3) is 5.91 Å². The van der Waals surface area contributed by atoms with E-state index in [0.29, 0.717) is 26.4 Å². The summed E-state index contributed by atoms with van der Waals surface area (Å²) in [5.41, 5.74) is 0.868. The highest BCUT2D eigenvalue weighted by atomic mass is 35.5. The molecule has 4 nitrogen and oxygen atoms in total. The fourth-order valence-corrected chi connectivity index (χ4v) is 3.09. The molecule has 2 amide bonds. The lowest BCUT2D eigenvalue weighted by Crippen LogP contribution is -2.34. The van der Waals surface area contributed by atoms with Crippen molar-refractivity contribution in [2.45, 2.75) is 12.5 Å². The molecule has 124 valence electrons. The number of halogens is 4. The standard InChI is InChI=1S/C16H10Cl4N2O2/c17-9-5-4-8(6-11(9)19)22-14(23)7-13(16(22)24)21-12-3-1-2-10(18)15(12)20/h1-6,13,21H,7H2/t13-/m0/s1. The second-order valence-corrected chi connectivity index (χ2v) is 6.77. The minimum atomic E-state index is -0.733. The van der Waals surface area contributed by atoms with Crippen LogP contribution in [0.5, 0.6) is 0 Å². The summed E-state index contributed by atoms with van der Waals surface area (Å²) < 4.78 is 0. The largest absolute Gasteiger partial charge is 0.372 e. The number of carbonyl (C=O) groups excluding carboxylic acids is 2. The molecule has 3 rings (SSSR count). The summed E-state index contributed by atoms with van der Waals surface area (Å²) in [6.45, 7) is 0. The molecule has 0 spiro atoms. The van der Waals surface area contributed by atoms with Crippen molar-refractivity contribution >= 4 is 69.6 Å². The monoisotopic (exact) mass is 402 g/mol. The van der Waals surface area contributed by atoms with Crippen molar-refractivity contribution in [2.24, 2.45) is 0 Å². The molecule has 0 aromatic heterocycles. The summed E-state index contributed by atoms with van der Waals surface area (Å²) in [7, 11) is 0. The van der Waals surface area contributed by atoms with E-state index >= 15 is 0 Å². The Bertz CT molecular complexity index is 841. The van der Waals surface area contributed by atoms with Crippen LogP contribution in [0.25, 0.3) is 0 Å². The van der Waals surface area contributed by atoms with Gasteiger partial charge in [0.05, 0.1) is 37.9 Å². The van der Waals surface area contributed by atoms with Gasteiger partial charge in [-0.25, -0.2) is 4.90 Å². The molecule has 1 atom stereocenters. The van der Waals surface area contributed by atoms with E-state index < -0.39 is 11.9 Å². The Labute approximate surface area is 158 Å². The first kappa shape index (κ1) is 17.4. The van der Waals surface area contributed by atoms with E-state index in [2.05, 4.69) is 5.32 Å². The zero-order valence-electron chi connectivity index (χ0n) is 12.0. The SMILES string of the molecule is O=C1C[C@H](Nc2cccc(Cl)c2Cl)C(=O)N1c1ccc(Cl)c(Cl)c1. The van der Waals surface area contributed by atoms with Gasteiger partial charge in [0.2, 0.25) is 5.91 Å². The Kier molecular flexibility index (Phi) is 4.92. The maximum atomic E-state index is 12.6. The van der Waals surface area contributed by atoms with Gasteiger partial charge >= 0.3 is 0 Å². The Morgan fingerprint density at radius 1 is 0.958 bits per heavy atom. The molecule has 1 aliphatic rings. The van der Waals surface area contributed by atoms with Crippen LogP contribution in [0.4, 0.5) is 11.4 Å². The number of nitrogens with one attached hydrogen (secondary N) is 1. The van der Waals surface area contributed by atoms with Crippen LogP contribution in [-0.2, 0) is 9.59 Å². The first-order chi connectivity index (χ1) is 11.4. The van der Waals surface area contributed by atoms with Gasteiger partial charge in [-0.2, -0.15) is 0 Å². The van der Waals surface area contributed by atoms with Gasteiger partial charge in [-0.15, -0.1) is 0 Å². The molecule has 0 radical (unpaired) electrons. The van der Waals surface area contributed by atoms with E-state index in [1.165, 1.54) is 12.1 Å². The minimum absolute atomic E-state index is 0.00191. The molecule has 0 aliphatic carbocycles. The molecule has 8 heteroatoms. The summed E-state index contributed by atoms with van der Waals surface area (Å²) >= 11 is 23.9. The van der Waals surface area contributed by atoms with Crippen LogP contribution in [0.2, 0.25) is 20.1 Å². The molecule has 1 aliphatic heterocycles. The average molecular weight is 404 g/mol. The van der Waals surface area contributed by atoms with E-state index in [9.17, 15) is 9.59 Å². The van der Waals surface area contributed by atoms with Gasteiger partial charge in [-0.1, -0.05) is 52.5 Å². The summed E-state index contributed by atoms with van der Waals surface area (Å²) in [5, 5.41) is 4.24. The second kappa shape index (κ2) is 6.81. The molecule has 2 aromatic carbocycles. The van der Waals surface area contributed by atoms with Crippen LogP contribution in [0.3, 0.4) is 0 Å². The van der Waals surface area contributed by atoms with E-state index in [-0.39, 0.29) is 17.4 Å². The average Bonchev–Trinajstić information content (AvgIpc) is 2.81. The zero-order valence-corrected chi connectivity index (χ0v) is 15.0. The number of anilines is 2. The number of hydrogen-bond acceptors (Lipinski definition) is 3. The van der Waals surface area contributed by atoms with Crippen LogP contribution < -0.4 is 10.2 Å². The Hall–Kier alpha value is -1.46. The molecule has 1 heterocycles. The fourth-order valence-electron chi connectivity index (χ4n) is 2.44. The number of hydrogen-bond donors (Lipinski definition) is 1. The zero-order chi connectivity index (χ0) is 17.4. The molecule has 0 unspecified atom stereocenters. The van der Waals surface area contributed by atoms with Gasteiger partial charge in [0.15, 0.2) is 0 Å².